The quantitative estimate of drug-likeness (QED) is 0.324. The first-order valence-corrected chi connectivity index (χ1v) is 14.7. The van der Waals surface area contributed by atoms with Crippen molar-refractivity contribution in [1.82, 2.24) is 10.2 Å². The summed E-state index contributed by atoms with van der Waals surface area (Å²) in [5.41, 5.74) is 2.22. The van der Waals surface area contributed by atoms with Crippen LogP contribution in [0.15, 0.2) is 88.2 Å². The molecule has 0 aliphatic carbocycles. The first-order chi connectivity index (χ1) is 18.0. The lowest BCUT2D eigenvalue weighted by Gasteiger charge is -2.33. The van der Waals surface area contributed by atoms with E-state index in [-0.39, 0.29) is 23.4 Å². The van der Waals surface area contributed by atoms with E-state index in [2.05, 4.69) is 21.2 Å². The molecule has 0 aromatic heterocycles. The highest BCUT2D eigenvalue weighted by molar-refractivity contribution is 9.10. The molecule has 3 aromatic carbocycles. The van der Waals surface area contributed by atoms with Crippen LogP contribution in [0.25, 0.3) is 0 Å². The average molecular weight is 601 g/mol. The Kier molecular flexibility index (Phi) is 10.1. The number of aryl methyl sites for hydroxylation is 1. The van der Waals surface area contributed by atoms with E-state index in [4.69, 9.17) is 0 Å². The third-order valence-electron chi connectivity index (χ3n) is 5.96. The van der Waals surface area contributed by atoms with Crippen molar-refractivity contribution in [3.05, 3.63) is 94.5 Å². The minimum Gasteiger partial charge on any atom is -0.352 e. The van der Waals surface area contributed by atoms with Gasteiger partial charge < -0.3 is 10.2 Å². The fourth-order valence-corrected chi connectivity index (χ4v) is 6.00. The Morgan fingerprint density at radius 2 is 1.63 bits per heavy atom. The van der Waals surface area contributed by atoms with Gasteiger partial charge in [-0.3, -0.25) is 13.9 Å². The van der Waals surface area contributed by atoms with Crippen LogP contribution in [0.4, 0.5) is 5.69 Å². The standard InChI is InChI=1S/C29H34BrN3O4S/c1-5-27(29(35)31-21(2)3)32(19-23-12-9-11-22(4)17-23)28(34)20-33(25-14-10-13-24(30)18-25)38(36,37)26-15-7-6-8-16-26/h6-18,21,27H,5,19-20H2,1-4H3,(H,31,35)/t27-/m1/s1. The minimum absolute atomic E-state index is 0.0719. The van der Waals surface area contributed by atoms with E-state index in [1.165, 1.54) is 17.0 Å². The molecule has 0 bridgehead atoms. The molecule has 9 heteroatoms. The molecular formula is C29H34BrN3O4S. The van der Waals surface area contributed by atoms with Crippen LogP contribution in [-0.4, -0.2) is 43.8 Å². The van der Waals surface area contributed by atoms with Gasteiger partial charge in [0.1, 0.15) is 12.6 Å². The Morgan fingerprint density at radius 3 is 2.24 bits per heavy atom. The van der Waals surface area contributed by atoms with E-state index >= 15 is 0 Å². The Morgan fingerprint density at radius 1 is 0.947 bits per heavy atom. The van der Waals surface area contributed by atoms with Gasteiger partial charge in [0.15, 0.2) is 0 Å². The lowest BCUT2D eigenvalue weighted by molar-refractivity contribution is -0.140. The molecule has 0 unspecified atom stereocenters. The van der Waals surface area contributed by atoms with Crippen molar-refractivity contribution in [2.24, 2.45) is 0 Å². The Hall–Kier alpha value is -3.17. The maximum Gasteiger partial charge on any atom is 0.264 e. The molecule has 1 atom stereocenters. The Balaban J connectivity index is 2.06. The smallest absolute Gasteiger partial charge is 0.264 e. The maximum absolute atomic E-state index is 14.0. The number of nitrogens with one attached hydrogen (secondary N) is 1. The molecule has 0 spiro atoms. The number of sulfonamides is 1. The van der Waals surface area contributed by atoms with Gasteiger partial charge in [0.25, 0.3) is 10.0 Å². The highest BCUT2D eigenvalue weighted by Crippen LogP contribution is 2.27. The van der Waals surface area contributed by atoms with Gasteiger partial charge in [-0.25, -0.2) is 8.42 Å². The van der Waals surface area contributed by atoms with Gasteiger partial charge in [-0.05, 0) is 63.1 Å². The second kappa shape index (κ2) is 13.1. The van der Waals surface area contributed by atoms with E-state index in [0.29, 0.717) is 16.6 Å². The summed E-state index contributed by atoms with van der Waals surface area (Å²) < 4.78 is 29.3. The molecule has 0 aliphatic rings. The number of anilines is 1. The third kappa shape index (κ3) is 7.45. The molecule has 0 saturated carbocycles. The summed E-state index contributed by atoms with van der Waals surface area (Å²) in [5.74, 6) is -0.750. The van der Waals surface area contributed by atoms with Crippen molar-refractivity contribution < 1.29 is 18.0 Å². The van der Waals surface area contributed by atoms with Crippen LogP contribution in [0.3, 0.4) is 0 Å². The van der Waals surface area contributed by atoms with Gasteiger partial charge in [0.05, 0.1) is 10.6 Å². The first kappa shape index (κ1) is 29.4. The molecule has 7 nitrogen and oxygen atoms in total. The van der Waals surface area contributed by atoms with Crippen LogP contribution in [0, 0.1) is 6.92 Å². The third-order valence-corrected chi connectivity index (χ3v) is 8.24. The minimum atomic E-state index is -4.09. The number of hydrogen-bond donors (Lipinski definition) is 1. The molecule has 38 heavy (non-hydrogen) atoms. The molecule has 0 fully saturated rings. The molecule has 3 rings (SSSR count). The lowest BCUT2D eigenvalue weighted by atomic mass is 10.1. The fraction of sp³-hybridized carbons (Fsp3) is 0.310. The number of hydrogen-bond acceptors (Lipinski definition) is 4. The highest BCUT2D eigenvalue weighted by Gasteiger charge is 2.33. The van der Waals surface area contributed by atoms with Crippen LogP contribution in [0.5, 0.6) is 0 Å². The summed E-state index contributed by atoms with van der Waals surface area (Å²) in [7, 11) is -4.09. The van der Waals surface area contributed by atoms with E-state index in [9.17, 15) is 18.0 Å². The zero-order valence-corrected chi connectivity index (χ0v) is 24.5. The predicted octanol–water partition coefficient (Wildman–Crippen LogP) is 5.28. The van der Waals surface area contributed by atoms with Crippen LogP contribution in [0.2, 0.25) is 0 Å². The molecule has 0 aliphatic heterocycles. The lowest BCUT2D eigenvalue weighted by Crippen LogP contribution is -2.53. The number of halogens is 1. The summed E-state index contributed by atoms with van der Waals surface area (Å²) in [6, 6.07) is 21.6. The summed E-state index contributed by atoms with van der Waals surface area (Å²) in [4.78, 5) is 28.7. The number of amides is 2. The second-order valence-electron chi connectivity index (χ2n) is 9.40. The van der Waals surface area contributed by atoms with Crippen molar-refractivity contribution in [2.75, 3.05) is 10.8 Å². The first-order valence-electron chi connectivity index (χ1n) is 12.5. The zero-order valence-electron chi connectivity index (χ0n) is 22.1. The van der Waals surface area contributed by atoms with Crippen LogP contribution in [0.1, 0.15) is 38.3 Å². The highest BCUT2D eigenvalue weighted by atomic mass is 79.9. The average Bonchev–Trinajstić information content (AvgIpc) is 2.87. The molecule has 0 radical (unpaired) electrons. The molecule has 202 valence electrons. The molecular weight excluding hydrogens is 566 g/mol. The summed E-state index contributed by atoms with van der Waals surface area (Å²) in [6.45, 7) is 7.22. The van der Waals surface area contributed by atoms with Crippen molar-refractivity contribution >= 4 is 43.5 Å². The van der Waals surface area contributed by atoms with E-state index in [1.807, 2.05) is 52.0 Å². The van der Waals surface area contributed by atoms with Gasteiger partial charge in [-0.1, -0.05) is 76.9 Å². The predicted molar refractivity (Wildman–Crippen MR) is 154 cm³/mol. The molecule has 1 N–H and O–H groups in total. The van der Waals surface area contributed by atoms with Crippen molar-refractivity contribution in [3.63, 3.8) is 0 Å². The van der Waals surface area contributed by atoms with E-state index in [1.54, 1.807) is 42.5 Å². The van der Waals surface area contributed by atoms with E-state index in [0.717, 1.165) is 15.4 Å². The number of benzene rings is 3. The number of nitrogens with zero attached hydrogens (tertiary/aromatic N) is 2. The van der Waals surface area contributed by atoms with Crippen molar-refractivity contribution in [3.8, 4) is 0 Å². The number of carbonyl (C=O) groups is 2. The number of rotatable bonds is 11. The van der Waals surface area contributed by atoms with Crippen LogP contribution < -0.4 is 9.62 Å². The fourth-order valence-electron chi connectivity index (χ4n) is 4.19. The topological polar surface area (TPSA) is 86.8 Å². The van der Waals surface area contributed by atoms with Gasteiger partial charge >= 0.3 is 0 Å². The Labute approximate surface area is 234 Å². The largest absolute Gasteiger partial charge is 0.352 e. The van der Waals surface area contributed by atoms with Crippen molar-refractivity contribution in [1.29, 1.82) is 0 Å². The second-order valence-corrected chi connectivity index (χ2v) is 12.2. The molecule has 0 saturated heterocycles. The van der Waals surface area contributed by atoms with Crippen LogP contribution >= 0.6 is 15.9 Å². The summed E-state index contributed by atoms with van der Waals surface area (Å²) in [5, 5.41) is 2.90. The normalized spacial score (nSPS) is 12.2. The molecule has 2 amide bonds. The van der Waals surface area contributed by atoms with Crippen LogP contribution in [-0.2, 0) is 26.2 Å². The summed E-state index contributed by atoms with van der Waals surface area (Å²) in [6.07, 6.45) is 0.373. The Bertz CT molecular complexity index is 1360. The monoisotopic (exact) mass is 599 g/mol. The molecule has 0 heterocycles. The maximum atomic E-state index is 14.0. The zero-order chi connectivity index (χ0) is 27.9. The van der Waals surface area contributed by atoms with Gasteiger partial charge in [-0.15, -0.1) is 0 Å². The van der Waals surface area contributed by atoms with Crippen molar-refractivity contribution in [2.45, 2.75) is 57.6 Å². The van der Waals surface area contributed by atoms with Gasteiger partial charge in [-0.2, -0.15) is 0 Å². The summed E-state index contributed by atoms with van der Waals surface area (Å²) >= 11 is 3.41. The van der Waals surface area contributed by atoms with Gasteiger partial charge in [0, 0.05) is 17.1 Å². The number of carbonyl (C=O) groups excluding carboxylic acids is 2. The van der Waals surface area contributed by atoms with E-state index < -0.39 is 28.5 Å². The van der Waals surface area contributed by atoms with Gasteiger partial charge in [0.2, 0.25) is 11.8 Å². The SMILES string of the molecule is CC[C@H](C(=O)NC(C)C)N(Cc1cccc(C)c1)C(=O)CN(c1cccc(Br)c1)S(=O)(=O)c1ccccc1. The molecule has 3 aromatic rings.